The SMILES string of the molecule is CC(C)c1cccc(C(C)C)c1-n1c(-c2[c-]ccc3c2oc2c4cccnc4ccc32)nc2ccccc21.[Ir].[c-]1ccccc1-c1ccccn1. The zero-order chi connectivity index (χ0) is 34.2. The summed E-state index contributed by atoms with van der Waals surface area (Å²) in [6.07, 6.45) is 3.60. The summed E-state index contributed by atoms with van der Waals surface area (Å²) >= 11 is 0. The maximum atomic E-state index is 6.67. The van der Waals surface area contributed by atoms with Crippen molar-refractivity contribution in [3.8, 4) is 28.3 Å². The van der Waals surface area contributed by atoms with Crippen LogP contribution in [0.1, 0.15) is 50.7 Å². The van der Waals surface area contributed by atoms with Gasteiger partial charge in [-0.1, -0.05) is 81.1 Å². The molecule has 5 aromatic carbocycles. The zero-order valence-electron chi connectivity index (χ0n) is 28.9. The Kier molecular flexibility index (Phi) is 9.64. The Morgan fingerprint density at radius 2 is 1.33 bits per heavy atom. The van der Waals surface area contributed by atoms with Gasteiger partial charge in [-0.25, -0.2) is 0 Å². The molecule has 1 radical (unpaired) electrons. The molecule has 253 valence electrons. The average Bonchev–Trinajstić information content (AvgIpc) is 3.74. The second kappa shape index (κ2) is 14.4. The third-order valence-electron chi connectivity index (χ3n) is 9.18. The van der Waals surface area contributed by atoms with Crippen LogP contribution in [0, 0.1) is 12.1 Å². The average molecular weight is 841 g/mol. The van der Waals surface area contributed by atoms with Crippen molar-refractivity contribution in [1.82, 2.24) is 19.5 Å². The van der Waals surface area contributed by atoms with Crippen molar-refractivity contribution in [1.29, 1.82) is 0 Å². The van der Waals surface area contributed by atoms with Gasteiger partial charge in [-0.15, -0.1) is 54.1 Å². The van der Waals surface area contributed by atoms with Crippen LogP contribution in [0.2, 0.25) is 0 Å². The Morgan fingerprint density at radius 3 is 2.08 bits per heavy atom. The minimum Gasteiger partial charge on any atom is -0.500 e. The van der Waals surface area contributed by atoms with E-state index in [9.17, 15) is 0 Å². The van der Waals surface area contributed by atoms with E-state index < -0.39 is 0 Å². The largest absolute Gasteiger partial charge is 0.500 e. The van der Waals surface area contributed by atoms with Crippen LogP contribution in [0.4, 0.5) is 0 Å². The third kappa shape index (κ3) is 6.27. The van der Waals surface area contributed by atoms with Crippen LogP contribution in [-0.2, 0) is 20.1 Å². The summed E-state index contributed by atoms with van der Waals surface area (Å²) in [5.74, 6) is 1.54. The van der Waals surface area contributed by atoms with E-state index in [0.717, 1.165) is 66.5 Å². The summed E-state index contributed by atoms with van der Waals surface area (Å²) in [6, 6.07) is 47.6. The molecule has 6 heteroatoms. The first-order valence-corrected chi connectivity index (χ1v) is 17.1. The van der Waals surface area contributed by atoms with E-state index in [1.165, 1.54) is 16.8 Å². The Hall–Kier alpha value is -5.42. The summed E-state index contributed by atoms with van der Waals surface area (Å²) in [7, 11) is 0. The Morgan fingerprint density at radius 1 is 0.588 bits per heavy atom. The molecule has 0 N–H and O–H groups in total. The van der Waals surface area contributed by atoms with Crippen LogP contribution in [-0.4, -0.2) is 19.5 Å². The van der Waals surface area contributed by atoms with Gasteiger partial charge in [0.25, 0.3) is 0 Å². The molecule has 0 aliphatic rings. The van der Waals surface area contributed by atoms with Gasteiger partial charge in [0.1, 0.15) is 5.58 Å². The first-order chi connectivity index (χ1) is 24.5. The van der Waals surface area contributed by atoms with Gasteiger partial charge in [-0.3, -0.25) is 9.97 Å². The number of aromatic nitrogens is 4. The number of furan rings is 1. The number of hydrogen-bond donors (Lipinski definition) is 0. The molecule has 4 heterocycles. The second-order valence-electron chi connectivity index (χ2n) is 13.1. The van der Waals surface area contributed by atoms with Crippen molar-refractivity contribution in [2.24, 2.45) is 0 Å². The maximum Gasteiger partial charge on any atom is 0.130 e. The fraction of sp³-hybridized carbons (Fsp3) is 0.133. The summed E-state index contributed by atoms with van der Waals surface area (Å²) in [4.78, 5) is 14.0. The molecule has 0 aliphatic carbocycles. The molecule has 4 aromatic heterocycles. The fourth-order valence-corrected chi connectivity index (χ4v) is 6.78. The Bertz CT molecular complexity index is 2540. The predicted molar refractivity (Wildman–Crippen MR) is 205 cm³/mol. The molecule has 0 saturated heterocycles. The van der Waals surface area contributed by atoms with Gasteiger partial charge in [-0.05, 0) is 71.1 Å². The van der Waals surface area contributed by atoms with E-state index in [1.807, 2.05) is 66.9 Å². The summed E-state index contributed by atoms with van der Waals surface area (Å²) in [5.41, 5.74) is 11.3. The predicted octanol–water partition coefficient (Wildman–Crippen LogP) is 11.7. The monoisotopic (exact) mass is 841 g/mol. The third-order valence-corrected chi connectivity index (χ3v) is 9.18. The topological polar surface area (TPSA) is 56.7 Å². The van der Waals surface area contributed by atoms with Gasteiger partial charge in [0.05, 0.1) is 28.0 Å². The Labute approximate surface area is 311 Å². The summed E-state index contributed by atoms with van der Waals surface area (Å²) < 4.78 is 9.00. The van der Waals surface area contributed by atoms with Crippen molar-refractivity contribution in [2.45, 2.75) is 39.5 Å². The molecular formula is C45H36IrN4O-2. The molecule has 0 fully saturated rings. The van der Waals surface area contributed by atoms with E-state index in [0.29, 0.717) is 11.8 Å². The first-order valence-electron chi connectivity index (χ1n) is 17.1. The van der Waals surface area contributed by atoms with E-state index >= 15 is 0 Å². The quantitative estimate of drug-likeness (QED) is 0.162. The molecule has 0 bridgehead atoms. The normalized spacial score (nSPS) is 11.3. The molecular weight excluding hydrogens is 805 g/mol. The van der Waals surface area contributed by atoms with Gasteiger partial charge in [-0.2, -0.15) is 0 Å². The van der Waals surface area contributed by atoms with Crippen LogP contribution in [0.3, 0.4) is 0 Å². The summed E-state index contributed by atoms with van der Waals surface area (Å²) in [5, 5.41) is 3.14. The first kappa shape index (κ1) is 34.0. The molecule has 9 rings (SSSR count). The molecule has 0 spiro atoms. The minimum atomic E-state index is 0. The van der Waals surface area contributed by atoms with Crippen LogP contribution in [0.25, 0.3) is 72.2 Å². The number of para-hydroxylation sites is 3. The number of rotatable bonds is 5. The number of pyridine rings is 2. The minimum absolute atomic E-state index is 0. The zero-order valence-corrected chi connectivity index (χ0v) is 31.3. The van der Waals surface area contributed by atoms with Crippen molar-refractivity contribution in [3.05, 3.63) is 157 Å². The molecule has 0 aliphatic heterocycles. The van der Waals surface area contributed by atoms with Gasteiger partial charge in [0.2, 0.25) is 0 Å². The molecule has 9 aromatic rings. The maximum absolute atomic E-state index is 6.67. The van der Waals surface area contributed by atoms with E-state index in [-0.39, 0.29) is 20.1 Å². The van der Waals surface area contributed by atoms with Crippen molar-refractivity contribution in [2.75, 3.05) is 0 Å². The fourth-order valence-electron chi connectivity index (χ4n) is 6.78. The molecule has 0 amide bonds. The van der Waals surface area contributed by atoms with Crippen molar-refractivity contribution < 1.29 is 24.5 Å². The molecule has 5 nitrogen and oxygen atoms in total. The molecule has 51 heavy (non-hydrogen) atoms. The van der Waals surface area contributed by atoms with Crippen LogP contribution in [0.15, 0.2) is 138 Å². The summed E-state index contributed by atoms with van der Waals surface area (Å²) in [6.45, 7) is 9.03. The molecule has 0 atom stereocenters. The van der Waals surface area contributed by atoms with Gasteiger partial charge in [0, 0.05) is 49.0 Å². The van der Waals surface area contributed by atoms with E-state index in [1.54, 1.807) is 6.20 Å². The van der Waals surface area contributed by atoms with Crippen LogP contribution in [0.5, 0.6) is 0 Å². The van der Waals surface area contributed by atoms with Gasteiger partial charge < -0.3 is 14.0 Å². The second-order valence-corrected chi connectivity index (χ2v) is 13.1. The Balaban J connectivity index is 0.000000265. The standard InChI is InChI=1S/C34H28N3O.C11H8N.Ir/c1-20(2)22-10-7-11-23(21(3)4)31(22)37-30-16-6-5-15-29(30)36-34(37)27-13-8-12-24-25-17-18-28-26(14-9-19-35-28)32(25)38-33(24)27;1-2-6-10(7-3-1)11-8-4-5-9-12-11;/h5-12,14-21H,1-4H3;1-6,8-9H;/q2*-1;. The van der Waals surface area contributed by atoms with E-state index in [4.69, 9.17) is 9.40 Å². The number of fused-ring (bicyclic) bond motifs is 6. The number of imidazole rings is 1. The molecule has 0 saturated carbocycles. The van der Waals surface area contributed by atoms with Gasteiger partial charge in [0.15, 0.2) is 0 Å². The smallest absolute Gasteiger partial charge is 0.130 e. The van der Waals surface area contributed by atoms with Gasteiger partial charge >= 0.3 is 0 Å². The number of nitrogens with zero attached hydrogens (tertiary/aromatic N) is 4. The van der Waals surface area contributed by atoms with Crippen LogP contribution < -0.4 is 0 Å². The number of benzene rings is 5. The van der Waals surface area contributed by atoms with Crippen molar-refractivity contribution in [3.63, 3.8) is 0 Å². The molecule has 0 unspecified atom stereocenters. The van der Waals surface area contributed by atoms with E-state index in [2.05, 4.69) is 115 Å². The van der Waals surface area contributed by atoms with Crippen LogP contribution >= 0.6 is 0 Å². The van der Waals surface area contributed by atoms with Crippen molar-refractivity contribution >= 4 is 43.9 Å². The number of hydrogen-bond acceptors (Lipinski definition) is 4.